The zero-order valence-corrected chi connectivity index (χ0v) is 13.5. The Morgan fingerprint density at radius 2 is 1.77 bits per heavy atom. The minimum Gasteiger partial charge on any atom is -0.350 e. The summed E-state index contributed by atoms with van der Waals surface area (Å²) in [5, 5.41) is 0. The van der Waals surface area contributed by atoms with Gasteiger partial charge in [-0.05, 0) is 37.0 Å². The number of hydrogen-bond acceptors (Lipinski definition) is 4. The van der Waals surface area contributed by atoms with E-state index in [1.807, 2.05) is 18.2 Å². The zero-order chi connectivity index (χ0) is 15.9. The molecule has 0 fully saturated rings. The molecule has 0 aliphatic heterocycles. The van der Waals surface area contributed by atoms with Crippen LogP contribution >= 0.6 is 12.2 Å². The number of aromatic nitrogens is 2. The highest BCUT2D eigenvalue weighted by Gasteiger charge is 2.17. The van der Waals surface area contributed by atoms with E-state index in [1.165, 1.54) is 19.8 Å². The molecule has 0 saturated heterocycles. The lowest BCUT2D eigenvalue weighted by molar-refractivity contribution is -0.109. The molecule has 2 N–H and O–H groups in total. The Balaban J connectivity index is 2.19. The van der Waals surface area contributed by atoms with Crippen molar-refractivity contribution in [1.29, 1.82) is 0 Å². The van der Waals surface area contributed by atoms with Crippen LogP contribution in [0.3, 0.4) is 0 Å². The summed E-state index contributed by atoms with van der Waals surface area (Å²) in [7, 11) is 3.06. The smallest absolute Gasteiger partial charge is 0.255 e. The fraction of sp³-hybridized carbons (Fsp3) is 0.375. The highest BCUT2D eigenvalue weighted by molar-refractivity contribution is 7.71. The van der Waals surface area contributed by atoms with E-state index < -0.39 is 6.29 Å². The molecule has 0 aliphatic rings. The van der Waals surface area contributed by atoms with E-state index in [9.17, 15) is 4.79 Å². The van der Waals surface area contributed by atoms with Gasteiger partial charge in [-0.1, -0.05) is 30.3 Å². The van der Waals surface area contributed by atoms with Crippen molar-refractivity contribution in [2.24, 2.45) is 0 Å². The van der Waals surface area contributed by atoms with Crippen molar-refractivity contribution in [3.8, 4) is 0 Å². The highest BCUT2D eigenvalue weighted by atomic mass is 32.1. The number of benzene rings is 1. The van der Waals surface area contributed by atoms with Crippen molar-refractivity contribution in [1.82, 2.24) is 9.97 Å². The summed E-state index contributed by atoms with van der Waals surface area (Å²) in [5.41, 5.74) is 2.27. The Morgan fingerprint density at radius 3 is 2.41 bits per heavy atom. The summed E-state index contributed by atoms with van der Waals surface area (Å²) < 4.78 is 10.8. The number of ether oxygens (including phenoxy) is 2. The minimum atomic E-state index is -0.629. The quantitative estimate of drug-likeness (QED) is 0.608. The molecule has 0 bridgehead atoms. The average molecular weight is 320 g/mol. The Labute approximate surface area is 134 Å². The second kappa shape index (κ2) is 8.03. The largest absolute Gasteiger partial charge is 0.350 e. The molecule has 22 heavy (non-hydrogen) atoms. The molecule has 118 valence electrons. The van der Waals surface area contributed by atoms with Gasteiger partial charge in [0, 0.05) is 19.8 Å². The average Bonchev–Trinajstić information content (AvgIpc) is 2.52. The zero-order valence-electron chi connectivity index (χ0n) is 12.7. The van der Waals surface area contributed by atoms with Gasteiger partial charge >= 0.3 is 0 Å². The molecule has 5 nitrogen and oxygen atoms in total. The van der Waals surface area contributed by atoms with E-state index in [2.05, 4.69) is 22.1 Å². The first-order valence-corrected chi connectivity index (χ1v) is 7.51. The van der Waals surface area contributed by atoms with E-state index in [4.69, 9.17) is 21.7 Å². The lowest BCUT2D eigenvalue weighted by Gasteiger charge is -2.16. The molecular formula is C16H20N2O3S. The third kappa shape index (κ3) is 4.13. The van der Waals surface area contributed by atoms with Crippen LogP contribution in [0.4, 0.5) is 0 Å². The second-order valence-corrected chi connectivity index (χ2v) is 5.35. The van der Waals surface area contributed by atoms with Gasteiger partial charge in [0.25, 0.3) is 5.56 Å². The number of nitrogens with one attached hydrogen (secondary N) is 2. The Kier molecular flexibility index (Phi) is 6.06. The molecule has 0 saturated carbocycles. The molecule has 0 atom stereocenters. The lowest BCUT2D eigenvalue weighted by Crippen LogP contribution is -2.21. The van der Waals surface area contributed by atoms with E-state index in [-0.39, 0.29) is 10.3 Å². The van der Waals surface area contributed by atoms with Crippen LogP contribution in [-0.4, -0.2) is 24.2 Å². The maximum absolute atomic E-state index is 12.2. The normalized spacial score (nSPS) is 11.0. The predicted octanol–water partition coefficient (Wildman–Crippen LogP) is 2.90. The first-order valence-electron chi connectivity index (χ1n) is 7.10. The molecule has 0 radical (unpaired) electrons. The number of aromatic amines is 2. The number of aryl methyl sites for hydroxylation is 1. The van der Waals surface area contributed by atoms with Gasteiger partial charge in [0.15, 0.2) is 11.1 Å². The second-order valence-electron chi connectivity index (χ2n) is 4.94. The van der Waals surface area contributed by atoms with Crippen molar-refractivity contribution in [2.75, 3.05) is 14.2 Å². The van der Waals surface area contributed by atoms with E-state index in [0.29, 0.717) is 17.7 Å². The molecule has 1 aromatic carbocycles. The van der Waals surface area contributed by atoms with Crippen molar-refractivity contribution in [2.45, 2.75) is 25.6 Å². The fourth-order valence-electron chi connectivity index (χ4n) is 2.43. The SMILES string of the molecule is COC(OC)c1[nH]c(=S)[nH]c(=O)c1CCCc1ccccc1. The summed E-state index contributed by atoms with van der Waals surface area (Å²) >= 11 is 5.03. The van der Waals surface area contributed by atoms with Crippen LogP contribution in [-0.2, 0) is 22.3 Å². The maximum atomic E-state index is 12.2. The van der Waals surface area contributed by atoms with Gasteiger partial charge < -0.3 is 14.5 Å². The third-order valence-electron chi connectivity index (χ3n) is 3.47. The molecule has 2 rings (SSSR count). The van der Waals surface area contributed by atoms with Gasteiger partial charge in [-0.3, -0.25) is 9.78 Å². The number of H-pyrrole nitrogens is 2. The Morgan fingerprint density at radius 1 is 1.09 bits per heavy atom. The van der Waals surface area contributed by atoms with E-state index in [1.54, 1.807) is 0 Å². The fourth-order valence-corrected chi connectivity index (χ4v) is 2.63. The molecule has 6 heteroatoms. The third-order valence-corrected chi connectivity index (χ3v) is 3.68. The van der Waals surface area contributed by atoms with Crippen LogP contribution in [0, 0.1) is 4.77 Å². The summed E-state index contributed by atoms with van der Waals surface area (Å²) in [5.74, 6) is 0. The van der Waals surface area contributed by atoms with Gasteiger partial charge in [-0.25, -0.2) is 0 Å². The summed E-state index contributed by atoms with van der Waals surface area (Å²) in [6.45, 7) is 0. The maximum Gasteiger partial charge on any atom is 0.255 e. The van der Waals surface area contributed by atoms with Crippen molar-refractivity contribution in [3.05, 3.63) is 62.3 Å². The topological polar surface area (TPSA) is 67.1 Å². The molecule has 0 aliphatic carbocycles. The number of rotatable bonds is 7. The van der Waals surface area contributed by atoms with Crippen molar-refractivity contribution < 1.29 is 9.47 Å². The van der Waals surface area contributed by atoms with Crippen molar-refractivity contribution >= 4 is 12.2 Å². The minimum absolute atomic E-state index is 0.189. The summed E-state index contributed by atoms with van der Waals surface area (Å²) in [4.78, 5) is 17.8. The molecule has 1 heterocycles. The number of hydrogen-bond donors (Lipinski definition) is 2. The highest BCUT2D eigenvalue weighted by Crippen LogP contribution is 2.18. The Bertz CT molecular complexity index is 705. The van der Waals surface area contributed by atoms with Crippen LogP contribution in [0.25, 0.3) is 0 Å². The van der Waals surface area contributed by atoms with Crippen LogP contribution in [0.2, 0.25) is 0 Å². The molecule has 1 aromatic heterocycles. The van der Waals surface area contributed by atoms with Crippen LogP contribution < -0.4 is 5.56 Å². The molecule has 2 aromatic rings. The van der Waals surface area contributed by atoms with Crippen LogP contribution in [0.15, 0.2) is 35.1 Å². The Hall–Kier alpha value is -1.76. The lowest BCUT2D eigenvalue weighted by atomic mass is 10.0. The molecular weight excluding hydrogens is 300 g/mol. The van der Waals surface area contributed by atoms with Crippen LogP contribution in [0.5, 0.6) is 0 Å². The van der Waals surface area contributed by atoms with Gasteiger partial charge in [0.1, 0.15) is 0 Å². The predicted molar refractivity (Wildman–Crippen MR) is 87.5 cm³/mol. The number of methoxy groups -OCH3 is 2. The summed E-state index contributed by atoms with van der Waals surface area (Å²) in [6.07, 6.45) is 1.75. The monoisotopic (exact) mass is 320 g/mol. The van der Waals surface area contributed by atoms with Gasteiger partial charge in [-0.2, -0.15) is 0 Å². The first kappa shape index (κ1) is 16.6. The van der Waals surface area contributed by atoms with Crippen LogP contribution in [0.1, 0.15) is 29.5 Å². The molecule has 0 amide bonds. The van der Waals surface area contributed by atoms with E-state index >= 15 is 0 Å². The van der Waals surface area contributed by atoms with Crippen molar-refractivity contribution in [3.63, 3.8) is 0 Å². The molecule has 0 unspecified atom stereocenters. The van der Waals surface area contributed by atoms with E-state index in [0.717, 1.165) is 12.8 Å². The standard InChI is InChI=1S/C16H20N2O3S/c1-20-15(21-2)13-12(14(19)18-16(22)17-13)10-6-9-11-7-4-3-5-8-11/h3-5,7-8,15H,6,9-10H2,1-2H3,(H2,17,18,19,22). The summed E-state index contributed by atoms with van der Waals surface area (Å²) in [6, 6.07) is 10.2. The van der Waals surface area contributed by atoms with Gasteiger partial charge in [0.05, 0.1) is 5.69 Å². The molecule has 0 spiro atoms. The van der Waals surface area contributed by atoms with Gasteiger partial charge in [-0.15, -0.1) is 0 Å². The van der Waals surface area contributed by atoms with Gasteiger partial charge in [0.2, 0.25) is 0 Å². The first-order chi connectivity index (χ1) is 10.7.